The highest BCUT2D eigenvalue weighted by atomic mass is 32.2. The van der Waals surface area contributed by atoms with E-state index < -0.39 is 21.0 Å². The molecule has 4 rings (SSSR count). The number of methoxy groups -OCH3 is 2. The Morgan fingerprint density at radius 1 is 1.03 bits per heavy atom. The van der Waals surface area contributed by atoms with E-state index in [0.717, 1.165) is 5.69 Å². The van der Waals surface area contributed by atoms with Crippen LogP contribution in [0.2, 0.25) is 0 Å². The molecule has 3 aromatic rings. The molecule has 0 N–H and O–H groups in total. The Kier molecular flexibility index (Phi) is 5.42. The Labute approximate surface area is 179 Å². The number of rotatable bonds is 6. The van der Waals surface area contributed by atoms with Gasteiger partial charge in [-0.15, -0.1) is 0 Å². The van der Waals surface area contributed by atoms with Gasteiger partial charge in [0.05, 0.1) is 30.1 Å². The molecule has 0 unspecified atom stereocenters. The number of hydrogen-bond acceptors (Lipinski definition) is 6. The number of nitro groups is 1. The predicted octanol–water partition coefficient (Wildman–Crippen LogP) is 3.21. The first kappa shape index (κ1) is 20.9. The molecule has 0 radical (unpaired) electrons. The summed E-state index contributed by atoms with van der Waals surface area (Å²) in [4.78, 5) is 10.4. The summed E-state index contributed by atoms with van der Waals surface area (Å²) in [7, 11) is -0.894. The number of sulfonamides is 1. The Morgan fingerprint density at radius 2 is 1.77 bits per heavy atom. The lowest BCUT2D eigenvalue weighted by molar-refractivity contribution is -0.384. The maximum absolute atomic E-state index is 13.6. The van der Waals surface area contributed by atoms with E-state index >= 15 is 0 Å². The van der Waals surface area contributed by atoms with Crippen LogP contribution in [0.4, 0.5) is 5.69 Å². The van der Waals surface area contributed by atoms with E-state index in [1.54, 1.807) is 25.3 Å². The lowest BCUT2D eigenvalue weighted by Crippen LogP contribution is -2.42. The monoisotopic (exact) mass is 443 g/mol. The second-order valence-electron chi connectivity index (χ2n) is 7.00. The van der Waals surface area contributed by atoms with Gasteiger partial charge in [0.2, 0.25) is 10.0 Å². The second-order valence-corrected chi connectivity index (χ2v) is 8.89. The molecular weight excluding hydrogens is 422 g/mol. The minimum atomic E-state index is -3.97. The fourth-order valence-electron chi connectivity index (χ4n) is 3.86. The zero-order chi connectivity index (χ0) is 22.2. The highest BCUT2D eigenvalue weighted by Gasteiger charge is 2.39. The highest BCUT2D eigenvalue weighted by molar-refractivity contribution is 7.89. The molecular formula is C21H21N3O6S. The van der Waals surface area contributed by atoms with Gasteiger partial charge in [-0.1, -0.05) is 0 Å². The van der Waals surface area contributed by atoms with Crippen molar-refractivity contribution in [1.82, 2.24) is 8.87 Å². The molecule has 2 aromatic carbocycles. The van der Waals surface area contributed by atoms with Gasteiger partial charge in [0.25, 0.3) is 5.69 Å². The van der Waals surface area contributed by atoms with Gasteiger partial charge in [-0.05, 0) is 42.5 Å². The van der Waals surface area contributed by atoms with Crippen LogP contribution in [0, 0.1) is 10.1 Å². The molecule has 1 aliphatic heterocycles. The molecule has 0 aliphatic carbocycles. The van der Waals surface area contributed by atoms with Crippen LogP contribution in [0.15, 0.2) is 65.7 Å². The molecule has 9 nitrogen and oxygen atoms in total. The van der Waals surface area contributed by atoms with Crippen molar-refractivity contribution in [3.63, 3.8) is 0 Å². The summed E-state index contributed by atoms with van der Waals surface area (Å²) in [5.41, 5.74) is 1.27. The van der Waals surface area contributed by atoms with Crippen molar-refractivity contribution < 1.29 is 22.8 Å². The van der Waals surface area contributed by atoms with Crippen LogP contribution in [0.25, 0.3) is 0 Å². The Morgan fingerprint density at radius 3 is 2.42 bits per heavy atom. The van der Waals surface area contributed by atoms with Crippen LogP contribution in [0.1, 0.15) is 17.3 Å². The molecule has 2 heterocycles. The average Bonchev–Trinajstić information content (AvgIpc) is 3.27. The van der Waals surface area contributed by atoms with Crippen molar-refractivity contribution in [3.05, 3.63) is 82.2 Å². The highest BCUT2D eigenvalue weighted by Crippen LogP contribution is 2.41. The number of nitrogens with zero attached hydrogens (tertiary/aromatic N) is 3. The first-order valence-corrected chi connectivity index (χ1v) is 10.9. The molecule has 162 valence electrons. The molecule has 1 aliphatic rings. The predicted molar refractivity (Wildman–Crippen MR) is 113 cm³/mol. The van der Waals surface area contributed by atoms with Gasteiger partial charge < -0.3 is 14.0 Å². The van der Waals surface area contributed by atoms with Gasteiger partial charge in [0, 0.05) is 42.7 Å². The number of fused-ring (bicyclic) bond motifs is 1. The quantitative estimate of drug-likeness (QED) is 0.428. The van der Waals surface area contributed by atoms with Crippen LogP contribution in [-0.2, 0) is 16.6 Å². The number of aromatic nitrogens is 1. The Balaban J connectivity index is 1.86. The third-order valence-corrected chi connectivity index (χ3v) is 7.26. The van der Waals surface area contributed by atoms with Crippen LogP contribution in [-0.4, -0.2) is 43.0 Å². The van der Waals surface area contributed by atoms with E-state index in [4.69, 9.17) is 9.47 Å². The van der Waals surface area contributed by atoms with Crippen molar-refractivity contribution in [1.29, 1.82) is 0 Å². The SMILES string of the molecule is COc1ccc(OC)c([C@H]2c3cccn3CCN2S(=O)(=O)c2ccc([N+](=O)[O-])cc2)c1. The van der Waals surface area contributed by atoms with E-state index in [1.807, 2.05) is 22.9 Å². The first-order valence-electron chi connectivity index (χ1n) is 9.50. The number of ether oxygens (including phenoxy) is 2. The van der Waals surface area contributed by atoms with E-state index in [-0.39, 0.29) is 17.1 Å². The van der Waals surface area contributed by atoms with E-state index in [9.17, 15) is 18.5 Å². The Bertz CT molecular complexity index is 1220. The van der Waals surface area contributed by atoms with Gasteiger partial charge in [-0.2, -0.15) is 4.31 Å². The zero-order valence-corrected chi connectivity index (χ0v) is 17.8. The fraction of sp³-hybridized carbons (Fsp3) is 0.238. The van der Waals surface area contributed by atoms with E-state index in [2.05, 4.69) is 0 Å². The molecule has 31 heavy (non-hydrogen) atoms. The van der Waals surface area contributed by atoms with Gasteiger partial charge in [0.15, 0.2) is 0 Å². The standard InChI is InChI=1S/C21H21N3O6S/c1-29-16-7-10-20(30-2)18(14-16)21-19-4-3-11-22(19)12-13-23(21)31(27,28)17-8-5-15(6-9-17)24(25)26/h3-11,14,21H,12-13H2,1-2H3/t21-/m0/s1. The second kappa shape index (κ2) is 8.05. The van der Waals surface area contributed by atoms with Crippen molar-refractivity contribution in [2.45, 2.75) is 17.5 Å². The van der Waals surface area contributed by atoms with Crippen molar-refractivity contribution in [2.24, 2.45) is 0 Å². The summed E-state index contributed by atoms with van der Waals surface area (Å²) in [5, 5.41) is 11.0. The molecule has 0 saturated carbocycles. The van der Waals surface area contributed by atoms with Gasteiger partial charge in [-0.25, -0.2) is 8.42 Å². The molecule has 10 heteroatoms. The summed E-state index contributed by atoms with van der Waals surface area (Å²) in [6.07, 6.45) is 1.91. The van der Waals surface area contributed by atoms with Crippen LogP contribution >= 0.6 is 0 Å². The summed E-state index contributed by atoms with van der Waals surface area (Å²) in [6.45, 7) is 0.712. The minimum Gasteiger partial charge on any atom is -0.497 e. The van der Waals surface area contributed by atoms with Gasteiger partial charge in [0.1, 0.15) is 11.5 Å². The summed E-state index contributed by atoms with van der Waals surface area (Å²) >= 11 is 0. The third kappa shape index (κ3) is 3.64. The minimum absolute atomic E-state index is 0.00929. The zero-order valence-electron chi connectivity index (χ0n) is 17.0. The first-order chi connectivity index (χ1) is 14.9. The smallest absolute Gasteiger partial charge is 0.269 e. The van der Waals surface area contributed by atoms with Gasteiger partial charge in [-0.3, -0.25) is 10.1 Å². The lowest BCUT2D eigenvalue weighted by Gasteiger charge is -2.37. The third-order valence-electron chi connectivity index (χ3n) is 5.38. The summed E-state index contributed by atoms with van der Waals surface area (Å²) < 4.78 is 41.5. The number of hydrogen-bond donors (Lipinski definition) is 0. The Hall–Kier alpha value is -3.37. The maximum atomic E-state index is 13.6. The summed E-state index contributed by atoms with van der Waals surface area (Å²) in [6, 6.07) is 13.3. The molecule has 1 atom stereocenters. The molecule has 0 fully saturated rings. The number of benzene rings is 2. The summed E-state index contributed by atoms with van der Waals surface area (Å²) in [5.74, 6) is 1.11. The van der Waals surface area contributed by atoms with E-state index in [0.29, 0.717) is 23.6 Å². The number of non-ortho nitro benzene ring substituents is 1. The topological polar surface area (TPSA) is 104 Å². The molecule has 1 aromatic heterocycles. The molecule has 0 saturated heterocycles. The number of nitro benzene ring substituents is 1. The van der Waals surface area contributed by atoms with Gasteiger partial charge >= 0.3 is 0 Å². The van der Waals surface area contributed by atoms with Crippen molar-refractivity contribution in [3.8, 4) is 11.5 Å². The fourth-order valence-corrected chi connectivity index (χ4v) is 5.44. The largest absolute Gasteiger partial charge is 0.497 e. The average molecular weight is 443 g/mol. The normalized spacial score (nSPS) is 16.5. The van der Waals surface area contributed by atoms with Crippen LogP contribution < -0.4 is 9.47 Å². The maximum Gasteiger partial charge on any atom is 0.269 e. The van der Waals surface area contributed by atoms with E-state index in [1.165, 1.54) is 35.7 Å². The van der Waals surface area contributed by atoms with Crippen LogP contribution in [0.3, 0.4) is 0 Å². The molecule has 0 bridgehead atoms. The van der Waals surface area contributed by atoms with Crippen molar-refractivity contribution >= 4 is 15.7 Å². The molecule has 0 spiro atoms. The lowest BCUT2D eigenvalue weighted by atomic mass is 10.0. The molecule has 0 amide bonds. The van der Waals surface area contributed by atoms with Crippen molar-refractivity contribution in [2.75, 3.05) is 20.8 Å². The van der Waals surface area contributed by atoms with Crippen LogP contribution in [0.5, 0.6) is 11.5 Å².